The average molecular weight is 474 g/mol. The molecule has 0 fully saturated rings. The first-order valence-corrected chi connectivity index (χ1v) is 13.2. The van der Waals surface area contributed by atoms with E-state index in [-0.39, 0.29) is 40.6 Å². The van der Waals surface area contributed by atoms with Gasteiger partial charge in [0.2, 0.25) is 15.9 Å². The van der Waals surface area contributed by atoms with Gasteiger partial charge in [0.05, 0.1) is 4.90 Å². The summed E-state index contributed by atoms with van der Waals surface area (Å²) in [5.74, 6) is -0.231. The van der Waals surface area contributed by atoms with Crippen LogP contribution in [0.3, 0.4) is 0 Å². The van der Waals surface area contributed by atoms with E-state index in [1.54, 1.807) is 43.5 Å². The van der Waals surface area contributed by atoms with E-state index in [1.807, 2.05) is 0 Å². The summed E-state index contributed by atoms with van der Waals surface area (Å²) in [6.45, 7) is 3.89. The lowest BCUT2D eigenvalue weighted by Crippen LogP contribution is -2.30. The van der Waals surface area contributed by atoms with Crippen molar-refractivity contribution in [1.29, 1.82) is 0 Å². The molecule has 0 radical (unpaired) electrons. The first kappa shape index (κ1) is 24.5. The largest absolute Gasteiger partial charge is 0.352 e. The Morgan fingerprint density at radius 2 is 1.87 bits per heavy atom. The number of carbonyl (C=O) groups is 1. The molecule has 2 N–H and O–H groups in total. The van der Waals surface area contributed by atoms with Crippen LogP contribution in [0.1, 0.15) is 32.3 Å². The van der Waals surface area contributed by atoms with E-state index >= 15 is 0 Å². The maximum absolute atomic E-state index is 12.3. The Kier molecular flexibility index (Phi) is 8.56. The van der Waals surface area contributed by atoms with Crippen LogP contribution in [-0.4, -0.2) is 46.7 Å². The Hall–Kier alpha value is -1.79. The van der Waals surface area contributed by atoms with Gasteiger partial charge in [0.25, 0.3) is 10.0 Å². The van der Waals surface area contributed by atoms with E-state index in [4.69, 9.17) is 0 Å². The molecule has 1 aromatic carbocycles. The van der Waals surface area contributed by atoms with Crippen molar-refractivity contribution >= 4 is 37.3 Å². The molecule has 166 valence electrons. The smallest absolute Gasteiger partial charge is 0.252 e. The van der Waals surface area contributed by atoms with E-state index in [0.717, 1.165) is 11.3 Å². The first-order chi connectivity index (χ1) is 14.0. The maximum Gasteiger partial charge on any atom is 0.252 e. The molecule has 1 aromatic heterocycles. The van der Waals surface area contributed by atoms with Gasteiger partial charge in [-0.3, -0.25) is 4.79 Å². The van der Waals surface area contributed by atoms with Gasteiger partial charge >= 0.3 is 0 Å². The summed E-state index contributed by atoms with van der Waals surface area (Å²) < 4.78 is 53.2. The first-order valence-electron chi connectivity index (χ1n) is 9.40. The zero-order chi connectivity index (χ0) is 22.4. The van der Waals surface area contributed by atoms with Gasteiger partial charge in [0.1, 0.15) is 4.21 Å². The average Bonchev–Trinajstić information content (AvgIpc) is 3.21. The molecular formula is C19H27N3O5S3. The Balaban J connectivity index is 1.83. The molecule has 2 rings (SSSR count). The quantitative estimate of drug-likeness (QED) is 0.519. The fraction of sp³-hybridized carbons (Fsp3) is 0.421. The lowest BCUT2D eigenvalue weighted by molar-refractivity contribution is -0.121. The molecule has 0 unspecified atom stereocenters. The van der Waals surface area contributed by atoms with Gasteiger partial charge in [-0.15, -0.1) is 11.3 Å². The number of carbonyl (C=O) groups excluding carboxylic acids is 1. The minimum absolute atomic E-state index is 0.142. The zero-order valence-electron chi connectivity index (χ0n) is 17.2. The second-order valence-electron chi connectivity index (χ2n) is 7.06. The fourth-order valence-corrected chi connectivity index (χ4v) is 6.37. The Labute approximate surface area is 182 Å². The van der Waals surface area contributed by atoms with Crippen molar-refractivity contribution in [1.82, 2.24) is 14.3 Å². The van der Waals surface area contributed by atoms with Gasteiger partial charge < -0.3 is 5.32 Å². The highest BCUT2D eigenvalue weighted by atomic mass is 32.2. The molecular weight excluding hydrogens is 446 g/mol. The molecule has 1 heterocycles. The van der Waals surface area contributed by atoms with Crippen LogP contribution in [0.25, 0.3) is 0 Å². The summed E-state index contributed by atoms with van der Waals surface area (Å²) in [5.41, 5.74) is 0.660. The second kappa shape index (κ2) is 10.5. The van der Waals surface area contributed by atoms with E-state index in [2.05, 4.69) is 10.0 Å². The monoisotopic (exact) mass is 473 g/mol. The number of thiophene rings is 1. The van der Waals surface area contributed by atoms with Crippen LogP contribution >= 0.6 is 11.3 Å². The zero-order valence-corrected chi connectivity index (χ0v) is 19.6. The molecule has 0 bridgehead atoms. The molecule has 0 saturated heterocycles. The normalized spacial score (nSPS) is 12.4. The van der Waals surface area contributed by atoms with Crippen LogP contribution in [0.15, 0.2) is 50.9 Å². The van der Waals surface area contributed by atoms with Gasteiger partial charge in [-0.2, -0.15) is 0 Å². The summed E-state index contributed by atoms with van der Waals surface area (Å²) in [6, 6.07) is 9.38. The third-order valence-electron chi connectivity index (χ3n) is 4.13. The Bertz CT molecular complexity index is 1050. The molecule has 1 amide bonds. The van der Waals surface area contributed by atoms with Crippen LogP contribution in [0, 0.1) is 0 Å². The maximum atomic E-state index is 12.3. The topological polar surface area (TPSA) is 113 Å². The number of hydrogen-bond acceptors (Lipinski definition) is 6. The van der Waals surface area contributed by atoms with Crippen molar-refractivity contribution in [3.05, 3.63) is 47.3 Å². The summed E-state index contributed by atoms with van der Waals surface area (Å²) in [4.78, 5) is 12.2. The summed E-state index contributed by atoms with van der Waals surface area (Å²) in [5, 5.41) is 4.44. The van der Waals surface area contributed by atoms with Crippen LogP contribution < -0.4 is 10.0 Å². The summed E-state index contributed by atoms with van der Waals surface area (Å²) in [6.07, 6.45) is 0.539. The standard InChI is InChI=1S/C19H27N3O5S3/c1-15(2)21-29(24,25)17-8-4-7-16(13-17)14-20-18(23)9-5-11-22(3)30(26,27)19-10-6-12-28-19/h4,6-8,10,12-13,15,21H,5,9,11,14H2,1-3H3,(H,20,23). The summed E-state index contributed by atoms with van der Waals surface area (Å²) >= 11 is 1.15. The van der Waals surface area contributed by atoms with Crippen LogP contribution in [0.4, 0.5) is 0 Å². The minimum Gasteiger partial charge on any atom is -0.352 e. The molecule has 2 aromatic rings. The van der Waals surface area contributed by atoms with Crippen molar-refractivity contribution in [2.24, 2.45) is 0 Å². The van der Waals surface area contributed by atoms with Crippen LogP contribution in [0.5, 0.6) is 0 Å². The number of nitrogens with zero attached hydrogens (tertiary/aromatic N) is 1. The molecule has 11 heteroatoms. The van der Waals surface area contributed by atoms with Crippen molar-refractivity contribution in [3.63, 3.8) is 0 Å². The molecule has 0 aliphatic heterocycles. The SMILES string of the molecule is CC(C)NS(=O)(=O)c1cccc(CNC(=O)CCCN(C)S(=O)(=O)c2cccs2)c1. The van der Waals surface area contributed by atoms with E-state index < -0.39 is 20.0 Å². The number of benzene rings is 1. The predicted molar refractivity (Wildman–Crippen MR) is 117 cm³/mol. The predicted octanol–water partition coefficient (Wildman–Crippen LogP) is 2.15. The molecule has 0 aliphatic carbocycles. The number of rotatable bonds is 11. The highest BCUT2D eigenvalue weighted by Crippen LogP contribution is 2.20. The van der Waals surface area contributed by atoms with Crippen LogP contribution in [0.2, 0.25) is 0 Å². The second-order valence-corrected chi connectivity index (χ2v) is 12.0. The van der Waals surface area contributed by atoms with E-state index in [9.17, 15) is 21.6 Å². The third kappa shape index (κ3) is 6.88. The van der Waals surface area contributed by atoms with E-state index in [1.165, 1.54) is 23.5 Å². The Morgan fingerprint density at radius 1 is 1.13 bits per heavy atom. The molecule has 0 spiro atoms. The fourth-order valence-electron chi connectivity index (χ4n) is 2.64. The lowest BCUT2D eigenvalue weighted by Gasteiger charge is -2.15. The van der Waals surface area contributed by atoms with Gasteiger partial charge in [0.15, 0.2) is 0 Å². The van der Waals surface area contributed by atoms with Crippen molar-refractivity contribution in [2.45, 2.75) is 48.4 Å². The minimum atomic E-state index is -3.60. The number of nitrogens with one attached hydrogen (secondary N) is 2. The van der Waals surface area contributed by atoms with Crippen molar-refractivity contribution in [2.75, 3.05) is 13.6 Å². The molecule has 0 aliphatic rings. The van der Waals surface area contributed by atoms with Crippen molar-refractivity contribution < 1.29 is 21.6 Å². The lowest BCUT2D eigenvalue weighted by atomic mass is 10.2. The van der Waals surface area contributed by atoms with Crippen LogP contribution in [-0.2, 0) is 31.4 Å². The highest BCUT2D eigenvalue weighted by Gasteiger charge is 2.21. The van der Waals surface area contributed by atoms with Gasteiger partial charge in [-0.1, -0.05) is 18.2 Å². The third-order valence-corrected chi connectivity index (χ3v) is 9.01. The van der Waals surface area contributed by atoms with Gasteiger partial charge in [0, 0.05) is 32.6 Å². The number of sulfonamides is 2. The molecule has 8 nitrogen and oxygen atoms in total. The van der Waals surface area contributed by atoms with Crippen molar-refractivity contribution in [3.8, 4) is 0 Å². The summed E-state index contributed by atoms with van der Waals surface area (Å²) in [7, 11) is -5.63. The molecule has 0 atom stereocenters. The van der Waals surface area contributed by atoms with Gasteiger partial charge in [-0.25, -0.2) is 25.9 Å². The highest BCUT2D eigenvalue weighted by molar-refractivity contribution is 7.91. The Morgan fingerprint density at radius 3 is 2.50 bits per heavy atom. The molecule has 0 saturated carbocycles. The number of amides is 1. The number of hydrogen-bond donors (Lipinski definition) is 2. The molecule has 30 heavy (non-hydrogen) atoms. The van der Waals surface area contributed by atoms with Gasteiger partial charge in [-0.05, 0) is 49.4 Å². The van der Waals surface area contributed by atoms with E-state index in [0.29, 0.717) is 12.0 Å².